The molecule has 0 fully saturated rings. The zero-order valence-corrected chi connectivity index (χ0v) is 27.6. The third-order valence-electron chi connectivity index (χ3n) is 9.47. The maximum absolute atomic E-state index is 13.8. The fourth-order valence-corrected chi connectivity index (χ4v) is 7.14. The van der Waals surface area contributed by atoms with E-state index in [0.29, 0.717) is 52.3 Å². The van der Waals surface area contributed by atoms with Crippen LogP contribution in [0.1, 0.15) is 40.9 Å². The summed E-state index contributed by atoms with van der Waals surface area (Å²) in [6.07, 6.45) is -7.85. The second-order valence-electron chi connectivity index (χ2n) is 12.8. The number of rotatable bonds is 10. The molecule has 0 unspecified atom stereocenters. The van der Waals surface area contributed by atoms with Crippen molar-refractivity contribution in [2.24, 2.45) is 0 Å². The Balaban J connectivity index is 1.09. The molecule has 3 N–H and O–H groups in total. The highest BCUT2D eigenvalue weighted by Gasteiger charge is 2.49. The van der Waals surface area contributed by atoms with Gasteiger partial charge in [0.05, 0.1) is 16.6 Å². The van der Waals surface area contributed by atoms with Crippen molar-refractivity contribution in [3.05, 3.63) is 150 Å². The fourth-order valence-electron chi connectivity index (χ4n) is 7.14. The standard InChI is InChI=1S/C41H32F6N4O/c1-25(29-9-2-3-10-30(29)26-16-18-27(19-17-26)41(45,46)47)49-28-20-21-35-36(23-28)51-37(50-35)15-8-22-39(38(52)48-24-40(42,43)44)33-13-6-4-11-31(33)32-12-5-7-14-34(32)39/h2-7,9-14,16-21,23,49H,1,8,15,22,24H2,(H,48,52)(H,50,51). The molecule has 52 heavy (non-hydrogen) atoms. The number of aromatic nitrogens is 2. The lowest BCUT2D eigenvalue weighted by molar-refractivity contribution is -0.141. The van der Waals surface area contributed by atoms with Crippen LogP contribution in [-0.4, -0.2) is 28.6 Å². The Morgan fingerprint density at radius 2 is 1.38 bits per heavy atom. The number of fused-ring (bicyclic) bond motifs is 4. The molecule has 0 bridgehead atoms. The minimum Gasteiger partial charge on any atom is -0.355 e. The molecule has 0 spiro atoms. The highest BCUT2D eigenvalue weighted by molar-refractivity contribution is 6.00. The first-order valence-corrected chi connectivity index (χ1v) is 16.6. The second-order valence-corrected chi connectivity index (χ2v) is 12.8. The molecule has 1 aromatic heterocycles. The van der Waals surface area contributed by atoms with Crippen LogP contribution in [0.3, 0.4) is 0 Å². The van der Waals surface area contributed by atoms with Crippen molar-refractivity contribution in [2.45, 2.75) is 37.0 Å². The molecule has 264 valence electrons. The van der Waals surface area contributed by atoms with Crippen molar-refractivity contribution in [2.75, 3.05) is 11.9 Å². The second kappa shape index (κ2) is 13.4. The van der Waals surface area contributed by atoms with Crippen molar-refractivity contribution in [3.63, 3.8) is 0 Å². The summed E-state index contributed by atoms with van der Waals surface area (Å²) in [6.45, 7) is 2.77. The Morgan fingerprint density at radius 3 is 2.02 bits per heavy atom. The number of alkyl halides is 6. The number of carbonyl (C=O) groups excluding carboxylic acids is 1. The molecule has 5 aromatic carbocycles. The van der Waals surface area contributed by atoms with Crippen LogP contribution in [0.5, 0.6) is 0 Å². The number of H-pyrrole nitrogens is 1. The van der Waals surface area contributed by atoms with Crippen molar-refractivity contribution in [3.8, 4) is 22.3 Å². The molecule has 0 radical (unpaired) electrons. The molecule has 1 amide bonds. The number of aromatic amines is 1. The number of halogens is 6. The van der Waals surface area contributed by atoms with Crippen molar-refractivity contribution in [1.82, 2.24) is 15.3 Å². The molecule has 0 aliphatic heterocycles. The van der Waals surface area contributed by atoms with E-state index in [9.17, 15) is 31.1 Å². The number of anilines is 1. The average molecular weight is 711 g/mol. The predicted molar refractivity (Wildman–Crippen MR) is 190 cm³/mol. The lowest BCUT2D eigenvalue weighted by Gasteiger charge is -2.31. The van der Waals surface area contributed by atoms with Crippen LogP contribution in [0.4, 0.5) is 32.0 Å². The quantitative estimate of drug-likeness (QED) is 0.124. The molecule has 6 aromatic rings. The zero-order chi connectivity index (χ0) is 36.7. The van der Waals surface area contributed by atoms with Gasteiger partial charge in [-0.3, -0.25) is 4.79 Å². The molecular weight excluding hydrogens is 678 g/mol. The minimum atomic E-state index is -4.56. The van der Waals surface area contributed by atoms with Crippen molar-refractivity contribution in [1.29, 1.82) is 0 Å². The van der Waals surface area contributed by atoms with Crippen LogP contribution in [0.2, 0.25) is 0 Å². The Labute approximate surface area is 295 Å². The average Bonchev–Trinajstić information content (AvgIpc) is 3.66. The van der Waals surface area contributed by atoms with Crippen LogP contribution in [0, 0.1) is 0 Å². The van der Waals surface area contributed by atoms with E-state index in [-0.39, 0.29) is 6.42 Å². The molecule has 5 nitrogen and oxygen atoms in total. The monoisotopic (exact) mass is 710 g/mol. The van der Waals surface area contributed by atoms with Crippen LogP contribution >= 0.6 is 0 Å². The van der Waals surface area contributed by atoms with E-state index in [1.54, 1.807) is 12.1 Å². The summed E-state index contributed by atoms with van der Waals surface area (Å²) in [5.41, 5.74) is 5.71. The number of aryl methyl sites for hydroxylation is 1. The van der Waals surface area contributed by atoms with Crippen molar-refractivity contribution < 1.29 is 31.1 Å². The Bertz CT molecular complexity index is 2240. The smallest absolute Gasteiger partial charge is 0.355 e. The molecular formula is C41H32F6N4O. The lowest BCUT2D eigenvalue weighted by atomic mass is 9.73. The summed E-state index contributed by atoms with van der Waals surface area (Å²) in [5, 5.41) is 5.47. The minimum absolute atomic E-state index is 0.257. The van der Waals surface area contributed by atoms with Gasteiger partial charge in [0.2, 0.25) is 5.91 Å². The summed E-state index contributed by atoms with van der Waals surface area (Å²) < 4.78 is 79.1. The predicted octanol–water partition coefficient (Wildman–Crippen LogP) is 10.3. The van der Waals surface area contributed by atoms with E-state index in [1.165, 1.54) is 12.1 Å². The van der Waals surface area contributed by atoms with Gasteiger partial charge in [-0.25, -0.2) is 4.98 Å². The van der Waals surface area contributed by atoms with E-state index in [4.69, 9.17) is 4.98 Å². The number of amides is 1. The van der Waals surface area contributed by atoms with Crippen LogP contribution < -0.4 is 10.6 Å². The Hall–Kier alpha value is -5.84. The number of nitrogens with zero attached hydrogens (tertiary/aromatic N) is 1. The van der Waals surface area contributed by atoms with Gasteiger partial charge < -0.3 is 15.6 Å². The molecule has 0 atom stereocenters. The van der Waals surface area contributed by atoms with Crippen molar-refractivity contribution >= 4 is 28.3 Å². The normalized spacial score (nSPS) is 13.4. The van der Waals surface area contributed by atoms with Gasteiger partial charge in [0.25, 0.3) is 0 Å². The topological polar surface area (TPSA) is 69.8 Å². The Kier molecular flexibility index (Phi) is 8.90. The third-order valence-corrected chi connectivity index (χ3v) is 9.47. The number of hydrogen-bond donors (Lipinski definition) is 3. The van der Waals surface area contributed by atoms with Gasteiger partial charge in [0.15, 0.2) is 0 Å². The summed E-state index contributed by atoms with van der Waals surface area (Å²) in [4.78, 5) is 21.9. The van der Waals surface area contributed by atoms with Gasteiger partial charge >= 0.3 is 12.4 Å². The first-order valence-electron chi connectivity index (χ1n) is 16.6. The summed E-state index contributed by atoms with van der Waals surface area (Å²) in [5.74, 6) is -0.0354. The molecule has 0 saturated carbocycles. The highest BCUT2D eigenvalue weighted by Crippen LogP contribution is 2.51. The van der Waals surface area contributed by atoms with E-state index >= 15 is 0 Å². The molecule has 1 aliphatic rings. The third kappa shape index (κ3) is 6.66. The van der Waals surface area contributed by atoms with Gasteiger partial charge in [-0.1, -0.05) is 91.5 Å². The number of nitrogens with one attached hydrogen (secondary N) is 3. The summed E-state index contributed by atoms with van der Waals surface area (Å²) >= 11 is 0. The van der Waals surface area contributed by atoms with Gasteiger partial charge in [0.1, 0.15) is 17.8 Å². The number of carbonyl (C=O) groups is 1. The van der Waals surface area contributed by atoms with E-state index in [2.05, 4.69) is 22.2 Å². The van der Waals surface area contributed by atoms with Gasteiger partial charge in [0, 0.05) is 23.4 Å². The first-order chi connectivity index (χ1) is 24.8. The molecule has 1 aliphatic carbocycles. The number of benzene rings is 5. The zero-order valence-electron chi connectivity index (χ0n) is 27.6. The van der Waals surface area contributed by atoms with Crippen LogP contribution in [-0.2, 0) is 22.8 Å². The Morgan fingerprint density at radius 1 is 0.769 bits per heavy atom. The summed E-state index contributed by atoms with van der Waals surface area (Å²) in [7, 11) is 0. The largest absolute Gasteiger partial charge is 0.416 e. The number of imidazole rings is 1. The SMILES string of the molecule is C=C(Nc1ccc2nc(CCCC3(C(=O)NCC(F)(F)F)c4ccccc4-c4ccccc43)[nH]c2c1)c1ccccc1-c1ccc(C(F)(F)F)cc1. The molecule has 0 saturated heterocycles. The first kappa shape index (κ1) is 34.6. The molecule has 11 heteroatoms. The van der Waals surface area contributed by atoms with Crippen LogP contribution in [0.15, 0.2) is 122 Å². The van der Waals surface area contributed by atoms with Gasteiger partial charge in [-0.05, 0) is 76.6 Å². The summed E-state index contributed by atoms with van der Waals surface area (Å²) in [6, 6.07) is 32.5. The fraction of sp³-hybridized carbons (Fsp3) is 0.171. The van der Waals surface area contributed by atoms with E-state index < -0.39 is 35.8 Å². The van der Waals surface area contributed by atoms with E-state index in [1.807, 2.05) is 78.9 Å². The highest BCUT2D eigenvalue weighted by atomic mass is 19.4. The molecule has 1 heterocycles. The lowest BCUT2D eigenvalue weighted by Crippen LogP contribution is -2.47. The van der Waals surface area contributed by atoms with Crippen LogP contribution in [0.25, 0.3) is 39.0 Å². The van der Waals surface area contributed by atoms with Gasteiger partial charge in [-0.15, -0.1) is 0 Å². The molecule has 7 rings (SSSR count). The van der Waals surface area contributed by atoms with E-state index in [0.717, 1.165) is 39.9 Å². The maximum atomic E-state index is 13.8. The number of hydrogen-bond acceptors (Lipinski definition) is 3. The maximum Gasteiger partial charge on any atom is 0.416 e. The van der Waals surface area contributed by atoms with Gasteiger partial charge in [-0.2, -0.15) is 26.3 Å².